The molecule has 14 heavy (non-hydrogen) atoms. The van der Waals surface area contributed by atoms with E-state index >= 15 is 0 Å². The third kappa shape index (κ3) is 8.31. The van der Waals surface area contributed by atoms with Crippen molar-refractivity contribution >= 4 is 0 Å². The smallest absolute Gasteiger partial charge is 0.0577 e. The molecular formula is C13H26O. The Morgan fingerprint density at radius 1 is 1.21 bits per heavy atom. The fourth-order valence-corrected chi connectivity index (χ4v) is 1.75. The quantitative estimate of drug-likeness (QED) is 0.589. The van der Waals surface area contributed by atoms with Gasteiger partial charge in [-0.3, -0.25) is 0 Å². The summed E-state index contributed by atoms with van der Waals surface area (Å²) >= 11 is 0. The van der Waals surface area contributed by atoms with E-state index in [4.69, 9.17) is 0 Å². The first kappa shape index (κ1) is 13.7. The molecule has 1 N–H and O–H groups in total. The van der Waals surface area contributed by atoms with Gasteiger partial charge in [0.1, 0.15) is 0 Å². The minimum Gasteiger partial charge on any atom is -0.393 e. The maximum Gasteiger partial charge on any atom is 0.0577 e. The summed E-state index contributed by atoms with van der Waals surface area (Å²) in [4.78, 5) is 0. The number of hydrogen-bond donors (Lipinski definition) is 1. The highest BCUT2D eigenvalue weighted by Gasteiger charge is 2.08. The van der Waals surface area contributed by atoms with Gasteiger partial charge in [0.25, 0.3) is 0 Å². The summed E-state index contributed by atoms with van der Waals surface area (Å²) in [5.41, 5.74) is 0. The fourth-order valence-electron chi connectivity index (χ4n) is 1.75. The Labute approximate surface area is 89.2 Å². The molecule has 2 unspecified atom stereocenters. The third-order valence-corrected chi connectivity index (χ3v) is 2.59. The molecule has 0 aromatic carbocycles. The van der Waals surface area contributed by atoms with Crippen molar-refractivity contribution in [3.8, 4) is 0 Å². The molecule has 2 atom stereocenters. The van der Waals surface area contributed by atoms with Crippen LogP contribution in [0.3, 0.4) is 0 Å². The van der Waals surface area contributed by atoms with E-state index in [0.29, 0.717) is 5.92 Å². The highest BCUT2D eigenvalue weighted by atomic mass is 16.3. The molecule has 84 valence electrons. The lowest BCUT2D eigenvalue weighted by molar-refractivity contribution is 0.145. The number of rotatable bonds is 8. The van der Waals surface area contributed by atoms with Crippen molar-refractivity contribution in [3.63, 3.8) is 0 Å². The SMILES string of the molecule is C=CCC(O)CC(C)CCCC(C)C. The molecule has 0 saturated carbocycles. The number of aliphatic hydroxyl groups is 1. The molecule has 1 heteroatoms. The van der Waals surface area contributed by atoms with Gasteiger partial charge in [0, 0.05) is 0 Å². The molecule has 1 nitrogen and oxygen atoms in total. The summed E-state index contributed by atoms with van der Waals surface area (Å²) in [6.07, 6.45) is 7.11. The van der Waals surface area contributed by atoms with Gasteiger partial charge in [0.05, 0.1) is 6.10 Å². The Kier molecular flexibility index (Phi) is 7.87. The summed E-state index contributed by atoms with van der Waals surface area (Å²) in [6, 6.07) is 0. The van der Waals surface area contributed by atoms with Crippen LogP contribution in [0.4, 0.5) is 0 Å². The van der Waals surface area contributed by atoms with Gasteiger partial charge in [-0.2, -0.15) is 0 Å². The van der Waals surface area contributed by atoms with Crippen LogP contribution in [0.5, 0.6) is 0 Å². The average Bonchev–Trinajstić information content (AvgIpc) is 2.03. The second-order valence-electron chi connectivity index (χ2n) is 4.84. The van der Waals surface area contributed by atoms with Crippen LogP contribution in [0.25, 0.3) is 0 Å². The molecule has 0 fully saturated rings. The zero-order valence-electron chi connectivity index (χ0n) is 10.00. The lowest BCUT2D eigenvalue weighted by Crippen LogP contribution is -2.10. The van der Waals surface area contributed by atoms with Gasteiger partial charge >= 0.3 is 0 Å². The molecule has 0 rings (SSSR count). The van der Waals surface area contributed by atoms with Crippen molar-refractivity contribution in [1.82, 2.24) is 0 Å². The molecule has 0 saturated heterocycles. The highest BCUT2D eigenvalue weighted by molar-refractivity contribution is 4.73. The van der Waals surface area contributed by atoms with Crippen molar-refractivity contribution in [3.05, 3.63) is 12.7 Å². The molecule has 0 aromatic rings. The van der Waals surface area contributed by atoms with Gasteiger partial charge in [0.15, 0.2) is 0 Å². The van der Waals surface area contributed by atoms with Crippen molar-refractivity contribution < 1.29 is 5.11 Å². The zero-order chi connectivity index (χ0) is 11.0. The molecule has 0 aliphatic carbocycles. The first-order valence-electron chi connectivity index (χ1n) is 5.85. The average molecular weight is 198 g/mol. The van der Waals surface area contributed by atoms with E-state index in [1.807, 2.05) is 0 Å². The lowest BCUT2D eigenvalue weighted by Gasteiger charge is -2.15. The molecule has 0 aliphatic heterocycles. The summed E-state index contributed by atoms with van der Waals surface area (Å²) in [7, 11) is 0. The molecule has 0 amide bonds. The molecule has 0 aromatic heterocycles. The van der Waals surface area contributed by atoms with Gasteiger partial charge in [-0.15, -0.1) is 6.58 Å². The van der Waals surface area contributed by atoms with Crippen molar-refractivity contribution in [2.45, 2.75) is 59.0 Å². The van der Waals surface area contributed by atoms with Crippen molar-refractivity contribution in [1.29, 1.82) is 0 Å². The minimum absolute atomic E-state index is 0.179. The van der Waals surface area contributed by atoms with E-state index in [1.54, 1.807) is 6.08 Å². The van der Waals surface area contributed by atoms with Crippen LogP contribution in [-0.2, 0) is 0 Å². The Morgan fingerprint density at radius 3 is 2.36 bits per heavy atom. The van der Waals surface area contributed by atoms with Crippen LogP contribution in [-0.4, -0.2) is 11.2 Å². The second kappa shape index (κ2) is 8.05. The lowest BCUT2D eigenvalue weighted by atomic mass is 9.94. The van der Waals surface area contributed by atoms with Crippen LogP contribution in [0.15, 0.2) is 12.7 Å². The molecule has 0 heterocycles. The molecule has 0 aliphatic rings. The van der Waals surface area contributed by atoms with E-state index in [1.165, 1.54) is 19.3 Å². The summed E-state index contributed by atoms with van der Waals surface area (Å²) in [5, 5.41) is 9.56. The minimum atomic E-state index is -0.179. The highest BCUT2D eigenvalue weighted by Crippen LogP contribution is 2.17. The Bertz CT molecular complexity index is 140. The first-order chi connectivity index (χ1) is 6.56. The molecule has 0 bridgehead atoms. The number of aliphatic hydroxyl groups excluding tert-OH is 1. The maximum atomic E-state index is 9.56. The Balaban J connectivity index is 3.44. The molecule has 0 spiro atoms. The molecular weight excluding hydrogens is 172 g/mol. The Morgan fingerprint density at radius 2 is 1.86 bits per heavy atom. The zero-order valence-corrected chi connectivity index (χ0v) is 10.00. The first-order valence-corrected chi connectivity index (χ1v) is 5.85. The third-order valence-electron chi connectivity index (χ3n) is 2.59. The summed E-state index contributed by atoms with van der Waals surface area (Å²) in [5.74, 6) is 1.45. The van der Waals surface area contributed by atoms with Gasteiger partial charge in [-0.25, -0.2) is 0 Å². The van der Waals surface area contributed by atoms with Gasteiger partial charge in [0.2, 0.25) is 0 Å². The van der Waals surface area contributed by atoms with Crippen LogP contribution in [0.1, 0.15) is 52.9 Å². The maximum absolute atomic E-state index is 9.56. The standard InChI is InChI=1S/C13H26O/c1-5-7-13(14)10-12(4)9-6-8-11(2)3/h5,11-14H,1,6-10H2,2-4H3. The van der Waals surface area contributed by atoms with Gasteiger partial charge in [-0.1, -0.05) is 46.1 Å². The van der Waals surface area contributed by atoms with Gasteiger partial charge < -0.3 is 5.11 Å². The van der Waals surface area contributed by atoms with Crippen LogP contribution < -0.4 is 0 Å². The Hall–Kier alpha value is -0.300. The van der Waals surface area contributed by atoms with E-state index in [-0.39, 0.29) is 6.10 Å². The summed E-state index contributed by atoms with van der Waals surface area (Å²) in [6.45, 7) is 10.4. The van der Waals surface area contributed by atoms with Crippen LogP contribution in [0.2, 0.25) is 0 Å². The fraction of sp³-hybridized carbons (Fsp3) is 0.846. The van der Waals surface area contributed by atoms with E-state index in [0.717, 1.165) is 18.8 Å². The van der Waals surface area contributed by atoms with E-state index < -0.39 is 0 Å². The predicted molar refractivity (Wildman–Crippen MR) is 63.3 cm³/mol. The topological polar surface area (TPSA) is 20.2 Å². The monoisotopic (exact) mass is 198 g/mol. The van der Waals surface area contributed by atoms with E-state index in [9.17, 15) is 5.11 Å². The van der Waals surface area contributed by atoms with Gasteiger partial charge in [-0.05, 0) is 24.7 Å². The largest absolute Gasteiger partial charge is 0.393 e. The molecule has 0 radical (unpaired) electrons. The van der Waals surface area contributed by atoms with Crippen molar-refractivity contribution in [2.24, 2.45) is 11.8 Å². The van der Waals surface area contributed by atoms with Crippen LogP contribution in [0, 0.1) is 11.8 Å². The van der Waals surface area contributed by atoms with Crippen LogP contribution >= 0.6 is 0 Å². The number of hydrogen-bond acceptors (Lipinski definition) is 1. The van der Waals surface area contributed by atoms with E-state index in [2.05, 4.69) is 27.4 Å². The predicted octanol–water partition coefficient (Wildman–Crippen LogP) is 3.78. The summed E-state index contributed by atoms with van der Waals surface area (Å²) < 4.78 is 0. The second-order valence-corrected chi connectivity index (χ2v) is 4.84. The normalized spacial score (nSPS) is 15.5. The van der Waals surface area contributed by atoms with Crippen molar-refractivity contribution in [2.75, 3.05) is 0 Å².